The second-order valence-corrected chi connectivity index (χ2v) is 9.57. The molecule has 232 valence electrons. The first-order valence-corrected chi connectivity index (χ1v) is 13.9. The molecule has 0 aliphatic rings. The van der Waals surface area contributed by atoms with Crippen molar-refractivity contribution in [3.05, 3.63) is 102 Å². The second-order valence-electron chi connectivity index (χ2n) is 9.57. The van der Waals surface area contributed by atoms with Gasteiger partial charge in [-0.1, -0.05) is 72.8 Å². The Morgan fingerprint density at radius 1 is 0.682 bits per heavy atom. The minimum atomic E-state index is -1.28. The van der Waals surface area contributed by atoms with Gasteiger partial charge in [-0.05, 0) is 35.2 Å². The summed E-state index contributed by atoms with van der Waals surface area (Å²) in [6.07, 6.45) is -1.46. The molecule has 0 aromatic heterocycles. The maximum atomic E-state index is 12.9. The minimum absolute atomic E-state index is 0.0130. The summed E-state index contributed by atoms with van der Waals surface area (Å²) in [6.45, 7) is -0.0109. The topological polar surface area (TPSA) is 169 Å². The van der Waals surface area contributed by atoms with E-state index >= 15 is 0 Å². The molecule has 0 saturated heterocycles. The summed E-state index contributed by atoms with van der Waals surface area (Å²) in [6, 6.07) is 24.1. The highest BCUT2D eigenvalue weighted by molar-refractivity contribution is 5.91. The summed E-state index contributed by atoms with van der Waals surface area (Å²) in [5, 5.41) is 15.9. The van der Waals surface area contributed by atoms with Crippen LogP contribution in [0, 0.1) is 0 Å². The fourth-order valence-corrected chi connectivity index (χ4v) is 3.85. The van der Waals surface area contributed by atoms with Crippen molar-refractivity contribution in [3.8, 4) is 5.75 Å². The maximum absolute atomic E-state index is 12.9. The molecule has 0 heterocycles. The molecular weight excluding hydrogens is 570 g/mol. The minimum Gasteiger partial charge on any atom is -0.482 e. The van der Waals surface area contributed by atoms with Gasteiger partial charge in [-0.2, -0.15) is 0 Å². The Kier molecular flexibility index (Phi) is 13.7. The molecule has 0 aliphatic heterocycles. The summed E-state index contributed by atoms with van der Waals surface area (Å²) < 4.78 is 15.9. The van der Waals surface area contributed by atoms with Crippen LogP contribution < -0.4 is 20.7 Å². The van der Waals surface area contributed by atoms with E-state index in [2.05, 4.69) is 16.0 Å². The molecule has 0 aliphatic carbocycles. The molecule has 3 rings (SSSR count). The van der Waals surface area contributed by atoms with Crippen molar-refractivity contribution < 1.29 is 43.3 Å². The first-order chi connectivity index (χ1) is 21.3. The van der Waals surface area contributed by atoms with Crippen molar-refractivity contribution in [3.63, 3.8) is 0 Å². The van der Waals surface area contributed by atoms with Gasteiger partial charge in [0, 0.05) is 19.5 Å². The summed E-state index contributed by atoms with van der Waals surface area (Å²) >= 11 is 0. The van der Waals surface area contributed by atoms with Gasteiger partial charge in [0.15, 0.2) is 6.61 Å². The van der Waals surface area contributed by atoms with Gasteiger partial charge in [-0.15, -0.1) is 0 Å². The van der Waals surface area contributed by atoms with E-state index in [0.29, 0.717) is 12.2 Å². The standard InChI is InChI=1S/C32H35N3O9/c36-28(16-18-34-32(40)41)35-27(19-29(37)43-20-24-7-3-1-4-8-24)31(39)33-17-15-23-11-13-26(14-12-23)42-22-30(38)44-21-25-9-5-2-6-10-25/h1-14,27,34H,15-22H2,(H,33,39)(H,35,36)(H,40,41)/t27-/m0/s1. The lowest BCUT2D eigenvalue weighted by Crippen LogP contribution is -2.48. The number of benzene rings is 3. The molecule has 12 nitrogen and oxygen atoms in total. The Hall–Kier alpha value is -5.39. The predicted octanol–water partition coefficient (Wildman–Crippen LogP) is 2.74. The molecule has 3 amide bonds. The fraction of sp³-hybridized carbons (Fsp3) is 0.281. The molecular formula is C32H35N3O9. The Labute approximate surface area is 254 Å². The lowest BCUT2D eigenvalue weighted by molar-refractivity contribution is -0.148. The van der Waals surface area contributed by atoms with Gasteiger partial charge in [0.25, 0.3) is 0 Å². The number of nitrogens with one attached hydrogen (secondary N) is 3. The first-order valence-electron chi connectivity index (χ1n) is 13.9. The molecule has 0 spiro atoms. The van der Waals surface area contributed by atoms with Crippen molar-refractivity contribution in [1.82, 2.24) is 16.0 Å². The van der Waals surface area contributed by atoms with E-state index in [-0.39, 0.29) is 39.3 Å². The Morgan fingerprint density at radius 2 is 1.27 bits per heavy atom. The molecule has 3 aromatic carbocycles. The number of amides is 3. The molecule has 1 atom stereocenters. The van der Waals surface area contributed by atoms with E-state index < -0.39 is 42.3 Å². The molecule has 0 radical (unpaired) electrons. The van der Waals surface area contributed by atoms with E-state index in [9.17, 15) is 24.0 Å². The number of carboxylic acid groups (broad SMARTS) is 1. The molecule has 12 heteroatoms. The van der Waals surface area contributed by atoms with Crippen molar-refractivity contribution in [1.29, 1.82) is 0 Å². The van der Waals surface area contributed by atoms with Crippen molar-refractivity contribution in [2.45, 2.75) is 38.5 Å². The highest BCUT2D eigenvalue weighted by atomic mass is 16.6. The SMILES string of the molecule is O=C(O)NCCC(=O)N[C@@H](CC(=O)OCc1ccccc1)C(=O)NCCc1ccc(OCC(=O)OCc2ccccc2)cc1. The Balaban J connectivity index is 1.44. The van der Waals surface area contributed by atoms with E-state index in [4.69, 9.17) is 19.3 Å². The smallest absolute Gasteiger partial charge is 0.404 e. The van der Waals surface area contributed by atoms with Crippen LogP contribution in [-0.2, 0) is 48.3 Å². The van der Waals surface area contributed by atoms with E-state index in [0.717, 1.165) is 16.7 Å². The van der Waals surface area contributed by atoms with Crippen LogP contribution in [0.5, 0.6) is 5.75 Å². The van der Waals surface area contributed by atoms with Gasteiger partial charge in [0.2, 0.25) is 11.8 Å². The zero-order valence-electron chi connectivity index (χ0n) is 24.0. The van der Waals surface area contributed by atoms with Gasteiger partial charge in [-0.25, -0.2) is 9.59 Å². The number of carbonyl (C=O) groups is 5. The highest BCUT2D eigenvalue weighted by Crippen LogP contribution is 2.13. The Bertz CT molecular complexity index is 1370. The van der Waals surface area contributed by atoms with E-state index in [1.54, 1.807) is 48.5 Å². The lowest BCUT2D eigenvalue weighted by Gasteiger charge is -2.18. The quantitative estimate of drug-likeness (QED) is 0.169. The lowest BCUT2D eigenvalue weighted by atomic mass is 10.1. The summed E-state index contributed by atoms with van der Waals surface area (Å²) in [5.41, 5.74) is 2.51. The maximum Gasteiger partial charge on any atom is 0.404 e. The predicted molar refractivity (Wildman–Crippen MR) is 158 cm³/mol. The third-order valence-electron chi connectivity index (χ3n) is 6.13. The van der Waals surface area contributed by atoms with Crippen LogP contribution >= 0.6 is 0 Å². The number of rotatable bonds is 17. The third-order valence-corrected chi connectivity index (χ3v) is 6.13. The zero-order chi connectivity index (χ0) is 31.6. The zero-order valence-corrected chi connectivity index (χ0v) is 24.0. The molecule has 0 fully saturated rings. The molecule has 3 aromatic rings. The average molecular weight is 606 g/mol. The number of hydrogen-bond donors (Lipinski definition) is 4. The van der Waals surface area contributed by atoms with Crippen molar-refractivity contribution in [2.24, 2.45) is 0 Å². The fourth-order valence-electron chi connectivity index (χ4n) is 3.85. The Morgan fingerprint density at radius 3 is 1.86 bits per heavy atom. The third kappa shape index (κ3) is 13.1. The van der Waals surface area contributed by atoms with Crippen LogP contribution in [0.25, 0.3) is 0 Å². The van der Waals surface area contributed by atoms with Gasteiger partial charge in [0.1, 0.15) is 25.0 Å². The monoisotopic (exact) mass is 605 g/mol. The number of ether oxygens (including phenoxy) is 3. The van der Waals surface area contributed by atoms with Gasteiger partial charge in [-0.3, -0.25) is 14.4 Å². The summed E-state index contributed by atoms with van der Waals surface area (Å²) in [5.74, 6) is -1.89. The summed E-state index contributed by atoms with van der Waals surface area (Å²) in [4.78, 5) is 60.3. The van der Waals surface area contributed by atoms with Gasteiger partial charge < -0.3 is 35.3 Å². The van der Waals surface area contributed by atoms with Crippen molar-refractivity contribution >= 4 is 29.8 Å². The van der Waals surface area contributed by atoms with E-state index in [1.165, 1.54) is 0 Å². The normalized spacial score (nSPS) is 11.0. The van der Waals surface area contributed by atoms with Crippen LogP contribution in [0.15, 0.2) is 84.9 Å². The van der Waals surface area contributed by atoms with Crippen LogP contribution in [0.3, 0.4) is 0 Å². The van der Waals surface area contributed by atoms with Gasteiger partial charge >= 0.3 is 18.0 Å². The average Bonchev–Trinajstić information content (AvgIpc) is 3.03. The molecule has 0 unspecified atom stereocenters. The van der Waals surface area contributed by atoms with Gasteiger partial charge in [0.05, 0.1) is 6.42 Å². The van der Waals surface area contributed by atoms with E-state index in [1.807, 2.05) is 36.4 Å². The van der Waals surface area contributed by atoms with Crippen LogP contribution in [-0.4, -0.2) is 60.7 Å². The number of carbonyl (C=O) groups excluding carboxylic acids is 4. The molecule has 0 saturated carbocycles. The summed E-state index contributed by atoms with van der Waals surface area (Å²) in [7, 11) is 0. The van der Waals surface area contributed by atoms with Crippen molar-refractivity contribution in [2.75, 3.05) is 19.7 Å². The molecule has 44 heavy (non-hydrogen) atoms. The molecule has 4 N–H and O–H groups in total. The highest BCUT2D eigenvalue weighted by Gasteiger charge is 2.24. The number of esters is 2. The van der Waals surface area contributed by atoms with Crippen LogP contribution in [0.1, 0.15) is 29.5 Å². The largest absolute Gasteiger partial charge is 0.482 e. The van der Waals surface area contributed by atoms with Crippen LogP contribution in [0.2, 0.25) is 0 Å². The number of hydrogen-bond acceptors (Lipinski definition) is 8. The first kappa shape index (κ1) is 33.1. The molecule has 0 bridgehead atoms. The van der Waals surface area contributed by atoms with Crippen LogP contribution in [0.4, 0.5) is 4.79 Å². The second kappa shape index (κ2) is 18.2.